The van der Waals surface area contributed by atoms with Gasteiger partial charge in [0.1, 0.15) is 11.8 Å². The van der Waals surface area contributed by atoms with Crippen LogP contribution < -0.4 is 15.4 Å². The number of benzene rings is 3. The number of amides is 2. The molecule has 3 aromatic carbocycles. The lowest BCUT2D eigenvalue weighted by atomic mass is 10.0. The molecule has 2 atom stereocenters. The number of ether oxygens (including phenoxy) is 2. The summed E-state index contributed by atoms with van der Waals surface area (Å²) in [5, 5.41) is 16.4. The Kier molecular flexibility index (Phi) is 8.25. The van der Waals surface area contributed by atoms with Crippen LogP contribution in [-0.2, 0) is 16.0 Å². The Morgan fingerprint density at radius 2 is 1.72 bits per heavy atom. The fourth-order valence-electron chi connectivity index (χ4n) is 3.63. The molecule has 0 saturated carbocycles. The number of nitrogens with zero attached hydrogens (tertiary/aromatic N) is 1. The highest BCUT2D eigenvalue weighted by molar-refractivity contribution is 6.01. The lowest BCUT2D eigenvalue weighted by molar-refractivity contribution is -0.384. The van der Waals surface area contributed by atoms with Crippen LogP contribution in [0.5, 0.6) is 5.75 Å². The number of rotatable bonds is 12. The van der Waals surface area contributed by atoms with Crippen LogP contribution in [0.1, 0.15) is 28.8 Å². The van der Waals surface area contributed by atoms with Gasteiger partial charge in [-0.3, -0.25) is 19.7 Å². The molecule has 9 nitrogen and oxygen atoms in total. The number of non-ortho nitro benzene ring substituents is 1. The van der Waals surface area contributed by atoms with Gasteiger partial charge in [-0.2, -0.15) is 0 Å². The Balaban J connectivity index is 1.41. The van der Waals surface area contributed by atoms with Crippen LogP contribution in [-0.4, -0.2) is 42.1 Å². The van der Waals surface area contributed by atoms with Crippen molar-refractivity contribution in [2.45, 2.75) is 31.4 Å². The van der Waals surface area contributed by atoms with Gasteiger partial charge in [-0.1, -0.05) is 30.3 Å². The molecule has 2 amide bonds. The summed E-state index contributed by atoms with van der Waals surface area (Å²) in [4.78, 5) is 36.3. The van der Waals surface area contributed by atoms with Gasteiger partial charge in [0.05, 0.1) is 24.2 Å². The average Bonchev–Trinajstić information content (AvgIpc) is 3.72. The summed E-state index contributed by atoms with van der Waals surface area (Å²) < 4.78 is 11.0. The van der Waals surface area contributed by atoms with E-state index in [0.29, 0.717) is 24.0 Å². The largest absolute Gasteiger partial charge is 0.494 e. The number of hydrogen-bond acceptors (Lipinski definition) is 6. The first kappa shape index (κ1) is 24.9. The maximum Gasteiger partial charge on any atom is 0.269 e. The van der Waals surface area contributed by atoms with E-state index >= 15 is 0 Å². The molecule has 0 aromatic heterocycles. The van der Waals surface area contributed by atoms with Crippen molar-refractivity contribution in [1.82, 2.24) is 5.32 Å². The molecule has 1 saturated heterocycles. The second kappa shape index (κ2) is 11.9. The summed E-state index contributed by atoms with van der Waals surface area (Å²) in [6.45, 7) is 1.45. The minimum Gasteiger partial charge on any atom is -0.494 e. The third-order valence-corrected chi connectivity index (χ3v) is 5.71. The predicted octanol–water partition coefficient (Wildman–Crippen LogP) is 4.13. The molecule has 0 radical (unpaired) electrons. The van der Waals surface area contributed by atoms with Crippen LogP contribution in [0.2, 0.25) is 0 Å². The molecular weight excluding hydrogens is 462 g/mol. The van der Waals surface area contributed by atoms with E-state index in [-0.39, 0.29) is 18.0 Å². The molecule has 0 bridgehead atoms. The first-order chi connectivity index (χ1) is 17.5. The Labute approximate surface area is 208 Å². The summed E-state index contributed by atoms with van der Waals surface area (Å²) in [5.41, 5.74) is 1.59. The van der Waals surface area contributed by atoms with Crippen molar-refractivity contribution in [1.29, 1.82) is 0 Å². The Morgan fingerprint density at radius 3 is 2.36 bits per heavy atom. The third-order valence-electron chi connectivity index (χ3n) is 5.71. The molecule has 3 aromatic rings. The molecule has 1 aliphatic rings. The number of anilines is 1. The van der Waals surface area contributed by atoms with Gasteiger partial charge in [0, 0.05) is 29.8 Å². The number of carbonyl (C=O) groups excluding carboxylic acids is 2. The Hall–Kier alpha value is -4.24. The van der Waals surface area contributed by atoms with Crippen LogP contribution in [0.25, 0.3) is 0 Å². The maximum atomic E-state index is 13.1. The second-order valence-corrected chi connectivity index (χ2v) is 8.48. The molecule has 1 fully saturated rings. The van der Waals surface area contributed by atoms with Crippen molar-refractivity contribution < 1.29 is 24.0 Å². The van der Waals surface area contributed by atoms with Gasteiger partial charge in [-0.25, -0.2) is 0 Å². The molecule has 1 unspecified atom stereocenters. The zero-order valence-electron chi connectivity index (χ0n) is 19.6. The quantitative estimate of drug-likeness (QED) is 0.171. The van der Waals surface area contributed by atoms with Crippen LogP contribution in [0.3, 0.4) is 0 Å². The Bertz CT molecular complexity index is 1180. The number of carbonyl (C=O) groups is 2. The van der Waals surface area contributed by atoms with Crippen molar-refractivity contribution in [3.63, 3.8) is 0 Å². The van der Waals surface area contributed by atoms with Crippen LogP contribution in [0.4, 0.5) is 11.4 Å². The van der Waals surface area contributed by atoms with Gasteiger partial charge in [-0.05, 0) is 54.8 Å². The van der Waals surface area contributed by atoms with E-state index in [4.69, 9.17) is 9.47 Å². The summed E-state index contributed by atoms with van der Waals surface area (Å²) in [6, 6.07) is 20.7. The van der Waals surface area contributed by atoms with Gasteiger partial charge < -0.3 is 20.1 Å². The minimum atomic E-state index is -0.877. The first-order valence-electron chi connectivity index (χ1n) is 11.7. The van der Waals surface area contributed by atoms with Crippen LogP contribution in [0.15, 0.2) is 78.9 Å². The number of epoxide rings is 1. The van der Waals surface area contributed by atoms with E-state index in [1.54, 1.807) is 30.3 Å². The normalized spacial score (nSPS) is 14.9. The van der Waals surface area contributed by atoms with Crippen LogP contribution in [0, 0.1) is 10.1 Å². The van der Waals surface area contributed by atoms with Gasteiger partial charge >= 0.3 is 0 Å². The van der Waals surface area contributed by atoms with E-state index in [2.05, 4.69) is 10.6 Å². The molecule has 4 rings (SSSR count). The molecule has 9 heteroatoms. The first-order valence-corrected chi connectivity index (χ1v) is 11.7. The van der Waals surface area contributed by atoms with E-state index in [1.165, 1.54) is 24.3 Å². The molecule has 0 spiro atoms. The lowest BCUT2D eigenvalue weighted by Crippen LogP contribution is -2.45. The molecule has 1 aliphatic heterocycles. The number of hydrogen-bond donors (Lipinski definition) is 2. The monoisotopic (exact) mass is 489 g/mol. The highest BCUT2D eigenvalue weighted by Crippen LogP contribution is 2.19. The molecule has 186 valence electrons. The van der Waals surface area contributed by atoms with Crippen molar-refractivity contribution >= 4 is 23.2 Å². The van der Waals surface area contributed by atoms with Gasteiger partial charge in [0.25, 0.3) is 11.6 Å². The summed E-state index contributed by atoms with van der Waals surface area (Å²) in [7, 11) is 0. The highest BCUT2D eigenvalue weighted by Gasteiger charge is 2.23. The van der Waals surface area contributed by atoms with E-state index in [9.17, 15) is 19.7 Å². The summed E-state index contributed by atoms with van der Waals surface area (Å²) >= 11 is 0. The summed E-state index contributed by atoms with van der Waals surface area (Å²) in [5.74, 6) is -0.0783. The lowest BCUT2D eigenvalue weighted by Gasteiger charge is -2.19. The van der Waals surface area contributed by atoms with Crippen molar-refractivity contribution in [3.8, 4) is 5.75 Å². The van der Waals surface area contributed by atoms with Gasteiger partial charge in [0.2, 0.25) is 5.91 Å². The number of nitro groups is 1. The van der Waals surface area contributed by atoms with Gasteiger partial charge in [-0.15, -0.1) is 0 Å². The zero-order valence-corrected chi connectivity index (χ0v) is 19.6. The second-order valence-electron chi connectivity index (χ2n) is 8.48. The SMILES string of the molecule is O=C(N[C@@H](Cc1ccc(OCCCC2CO2)cc1)C(=O)Nc1ccc([N+](=O)[O-])cc1)c1ccccc1. The topological polar surface area (TPSA) is 123 Å². The fraction of sp³-hybridized carbons (Fsp3) is 0.259. The Morgan fingerprint density at radius 1 is 1.03 bits per heavy atom. The van der Waals surface area contributed by atoms with E-state index < -0.39 is 16.9 Å². The smallest absolute Gasteiger partial charge is 0.269 e. The zero-order chi connectivity index (χ0) is 25.3. The van der Waals surface area contributed by atoms with Crippen molar-refractivity contribution in [3.05, 3.63) is 100 Å². The molecular formula is C27H27N3O6. The molecule has 36 heavy (non-hydrogen) atoms. The predicted molar refractivity (Wildman–Crippen MR) is 134 cm³/mol. The van der Waals surface area contributed by atoms with Crippen molar-refractivity contribution in [2.24, 2.45) is 0 Å². The number of nitrogens with one attached hydrogen (secondary N) is 2. The van der Waals surface area contributed by atoms with Gasteiger partial charge in [0.15, 0.2) is 0 Å². The van der Waals surface area contributed by atoms with Crippen LogP contribution >= 0.6 is 0 Å². The minimum absolute atomic E-state index is 0.0786. The highest BCUT2D eigenvalue weighted by atomic mass is 16.6. The maximum absolute atomic E-state index is 13.1. The number of nitro benzene ring substituents is 1. The molecule has 0 aliphatic carbocycles. The van der Waals surface area contributed by atoms with E-state index in [0.717, 1.165) is 30.8 Å². The average molecular weight is 490 g/mol. The standard InChI is InChI=1S/C27H27N3O6/c31-26(20-5-2-1-3-6-20)29-25(27(32)28-21-10-12-22(13-11-21)30(33)34)17-19-8-14-23(15-9-19)35-16-4-7-24-18-36-24/h1-3,5-6,8-15,24-25H,4,7,16-18H2,(H,28,32)(H,29,31)/t24?,25-/m0/s1. The fourth-order valence-corrected chi connectivity index (χ4v) is 3.63. The summed E-state index contributed by atoms with van der Waals surface area (Å²) in [6.07, 6.45) is 2.54. The third kappa shape index (κ3) is 7.38. The molecule has 1 heterocycles. The molecule has 2 N–H and O–H groups in total. The van der Waals surface area contributed by atoms with Crippen molar-refractivity contribution in [2.75, 3.05) is 18.5 Å². The van der Waals surface area contributed by atoms with E-state index in [1.807, 2.05) is 24.3 Å².